The van der Waals surface area contributed by atoms with E-state index in [1.165, 1.54) is 18.2 Å². The van der Waals surface area contributed by atoms with E-state index in [1.54, 1.807) is 0 Å². The maximum absolute atomic E-state index is 12.6. The highest BCUT2D eigenvalue weighted by Crippen LogP contribution is 2.20. The number of hydrogen-bond donors (Lipinski definition) is 1. The monoisotopic (exact) mass is 202 g/mol. The van der Waals surface area contributed by atoms with Gasteiger partial charge >= 0.3 is 6.61 Å². The van der Waals surface area contributed by atoms with E-state index in [2.05, 4.69) is 14.7 Å². The van der Waals surface area contributed by atoms with E-state index >= 15 is 0 Å². The third-order valence-electron chi connectivity index (χ3n) is 1.65. The molecular weight excluding hydrogens is 197 g/mol. The molecule has 0 aliphatic carbocycles. The van der Waals surface area contributed by atoms with Crippen molar-refractivity contribution in [1.29, 1.82) is 0 Å². The molecule has 0 amide bonds. The van der Waals surface area contributed by atoms with Crippen LogP contribution in [0.2, 0.25) is 0 Å². The average molecular weight is 202 g/mol. The maximum atomic E-state index is 12.6. The van der Waals surface area contributed by atoms with Gasteiger partial charge in [0.1, 0.15) is 5.75 Å². The highest BCUT2D eigenvalue weighted by Gasteiger charge is 2.07. The second kappa shape index (κ2) is 3.21. The molecule has 1 heterocycles. The van der Waals surface area contributed by atoms with Crippen molar-refractivity contribution < 1.29 is 17.9 Å². The third-order valence-corrected chi connectivity index (χ3v) is 1.65. The molecule has 0 aliphatic heterocycles. The molecule has 0 aliphatic rings. The quantitative estimate of drug-likeness (QED) is 0.811. The van der Waals surface area contributed by atoms with Crippen LogP contribution in [0.5, 0.6) is 5.75 Å². The predicted molar refractivity (Wildman–Crippen MR) is 42.7 cm³/mol. The Hall–Kier alpha value is -1.72. The number of benzene rings is 1. The zero-order valence-corrected chi connectivity index (χ0v) is 6.80. The molecular formula is C8H5F3N2O. The number of halogens is 3. The van der Waals surface area contributed by atoms with Crippen LogP contribution < -0.4 is 4.74 Å². The predicted octanol–water partition coefficient (Wildman–Crippen LogP) is 2.30. The fourth-order valence-corrected chi connectivity index (χ4v) is 1.13. The van der Waals surface area contributed by atoms with E-state index in [0.717, 1.165) is 0 Å². The molecule has 0 fully saturated rings. The molecule has 2 rings (SSSR count). The van der Waals surface area contributed by atoms with E-state index in [-0.39, 0.29) is 5.75 Å². The van der Waals surface area contributed by atoms with Gasteiger partial charge in [0.25, 0.3) is 6.08 Å². The summed E-state index contributed by atoms with van der Waals surface area (Å²) in [6.45, 7) is -2.89. The maximum Gasteiger partial charge on any atom is 0.387 e. The minimum absolute atomic E-state index is 0.0313. The number of nitrogens with one attached hydrogen (secondary N) is 1. The first-order chi connectivity index (χ1) is 6.65. The zero-order chi connectivity index (χ0) is 10.1. The molecule has 14 heavy (non-hydrogen) atoms. The Bertz CT molecular complexity index is 455. The lowest BCUT2D eigenvalue weighted by Gasteiger charge is -2.02. The van der Waals surface area contributed by atoms with Crippen molar-refractivity contribution in [3.8, 4) is 5.75 Å². The number of imidazole rings is 1. The molecule has 0 radical (unpaired) electrons. The van der Waals surface area contributed by atoms with Crippen LogP contribution in [0.1, 0.15) is 0 Å². The van der Waals surface area contributed by atoms with E-state index in [4.69, 9.17) is 0 Å². The molecule has 2 aromatic rings. The highest BCUT2D eigenvalue weighted by atomic mass is 19.3. The van der Waals surface area contributed by atoms with Gasteiger partial charge in [-0.25, -0.2) is 4.98 Å². The molecule has 3 nitrogen and oxygen atoms in total. The summed E-state index contributed by atoms with van der Waals surface area (Å²) >= 11 is 0. The van der Waals surface area contributed by atoms with Crippen LogP contribution in [0, 0.1) is 6.08 Å². The van der Waals surface area contributed by atoms with Crippen LogP contribution in [0.4, 0.5) is 13.2 Å². The van der Waals surface area contributed by atoms with E-state index in [9.17, 15) is 13.2 Å². The fourth-order valence-electron chi connectivity index (χ4n) is 1.13. The number of aromatic nitrogens is 2. The van der Waals surface area contributed by atoms with Gasteiger partial charge in [-0.15, -0.1) is 0 Å². The summed E-state index contributed by atoms with van der Waals surface area (Å²) < 4.78 is 40.3. The molecule has 0 atom stereocenters. The number of H-pyrrole nitrogens is 1. The minimum Gasteiger partial charge on any atom is -0.435 e. The van der Waals surface area contributed by atoms with Crippen molar-refractivity contribution in [1.82, 2.24) is 9.97 Å². The van der Waals surface area contributed by atoms with Crippen LogP contribution in [0.15, 0.2) is 18.2 Å². The Morgan fingerprint density at radius 3 is 2.86 bits per heavy atom. The topological polar surface area (TPSA) is 37.9 Å². The van der Waals surface area contributed by atoms with Crippen molar-refractivity contribution in [2.45, 2.75) is 6.61 Å². The average Bonchev–Trinajstić information content (AvgIpc) is 2.42. The summed E-state index contributed by atoms with van der Waals surface area (Å²) in [6, 6.07) is 3.96. The summed E-state index contributed by atoms with van der Waals surface area (Å²) in [5.74, 6) is -0.0313. The number of rotatable bonds is 2. The zero-order valence-electron chi connectivity index (χ0n) is 6.80. The molecule has 0 spiro atoms. The highest BCUT2D eigenvalue weighted by molar-refractivity contribution is 5.76. The molecule has 1 N–H and O–H groups in total. The first-order valence-corrected chi connectivity index (χ1v) is 3.75. The molecule has 0 bridgehead atoms. The van der Waals surface area contributed by atoms with E-state index in [1.807, 2.05) is 0 Å². The smallest absolute Gasteiger partial charge is 0.387 e. The SMILES string of the molecule is Fc1nc2ccc(OC(F)F)cc2[nH]1. The van der Waals surface area contributed by atoms with Gasteiger partial charge in [0, 0.05) is 6.07 Å². The summed E-state index contributed by atoms with van der Waals surface area (Å²) in [7, 11) is 0. The van der Waals surface area contributed by atoms with Gasteiger partial charge < -0.3 is 9.72 Å². The van der Waals surface area contributed by atoms with E-state index in [0.29, 0.717) is 11.0 Å². The first kappa shape index (κ1) is 8.86. The van der Waals surface area contributed by atoms with Gasteiger partial charge in [-0.2, -0.15) is 13.2 Å². The molecule has 0 unspecified atom stereocenters. The molecule has 6 heteroatoms. The van der Waals surface area contributed by atoms with Crippen molar-refractivity contribution in [3.05, 3.63) is 24.3 Å². The number of ether oxygens (including phenoxy) is 1. The van der Waals surface area contributed by atoms with Gasteiger partial charge in [0.05, 0.1) is 11.0 Å². The van der Waals surface area contributed by atoms with Gasteiger partial charge in [0.2, 0.25) is 0 Å². The van der Waals surface area contributed by atoms with Crippen LogP contribution in [-0.4, -0.2) is 16.6 Å². The Kier molecular flexibility index (Phi) is 2.03. The second-order valence-electron chi connectivity index (χ2n) is 2.59. The summed E-state index contributed by atoms with van der Waals surface area (Å²) in [5.41, 5.74) is 0.685. The van der Waals surface area contributed by atoms with Crippen molar-refractivity contribution in [2.75, 3.05) is 0 Å². The number of nitrogens with zero attached hydrogens (tertiary/aromatic N) is 1. The van der Waals surface area contributed by atoms with Crippen molar-refractivity contribution >= 4 is 11.0 Å². The minimum atomic E-state index is -2.89. The normalized spacial score (nSPS) is 11.1. The van der Waals surface area contributed by atoms with Gasteiger partial charge in [-0.1, -0.05) is 0 Å². The van der Waals surface area contributed by atoms with Gasteiger partial charge in [-0.3, -0.25) is 0 Å². The lowest BCUT2D eigenvalue weighted by atomic mass is 10.3. The molecule has 1 aromatic heterocycles. The van der Waals surface area contributed by atoms with Gasteiger partial charge in [-0.05, 0) is 12.1 Å². The van der Waals surface area contributed by atoms with Crippen molar-refractivity contribution in [3.63, 3.8) is 0 Å². The molecule has 74 valence electrons. The second-order valence-corrected chi connectivity index (χ2v) is 2.59. The number of hydrogen-bond acceptors (Lipinski definition) is 2. The molecule has 1 aromatic carbocycles. The van der Waals surface area contributed by atoms with Crippen LogP contribution in [-0.2, 0) is 0 Å². The Balaban J connectivity index is 2.40. The Morgan fingerprint density at radius 2 is 2.14 bits per heavy atom. The first-order valence-electron chi connectivity index (χ1n) is 3.75. The lowest BCUT2D eigenvalue weighted by molar-refractivity contribution is -0.0497. The summed E-state index contributed by atoms with van der Waals surface area (Å²) in [6.07, 6.45) is -0.755. The Morgan fingerprint density at radius 1 is 1.36 bits per heavy atom. The largest absolute Gasteiger partial charge is 0.435 e. The van der Waals surface area contributed by atoms with Crippen LogP contribution >= 0.6 is 0 Å². The van der Waals surface area contributed by atoms with Crippen LogP contribution in [0.3, 0.4) is 0 Å². The number of aromatic amines is 1. The summed E-state index contributed by atoms with van der Waals surface area (Å²) in [4.78, 5) is 5.74. The molecule has 0 saturated carbocycles. The third kappa shape index (κ3) is 1.63. The van der Waals surface area contributed by atoms with Crippen LogP contribution in [0.25, 0.3) is 11.0 Å². The Labute approximate surface area is 76.5 Å². The van der Waals surface area contributed by atoms with E-state index < -0.39 is 12.7 Å². The lowest BCUT2D eigenvalue weighted by Crippen LogP contribution is -2.01. The standard InChI is InChI=1S/C8H5F3N2O/c9-7(10)14-4-1-2-5-6(3-4)13-8(11)12-5/h1-3,7H,(H,12,13). The van der Waals surface area contributed by atoms with Gasteiger partial charge in [0.15, 0.2) is 0 Å². The molecule has 0 saturated heterocycles. The van der Waals surface area contributed by atoms with Crippen molar-refractivity contribution in [2.24, 2.45) is 0 Å². The number of fused-ring (bicyclic) bond motifs is 1. The number of alkyl halides is 2. The summed E-state index contributed by atoms with van der Waals surface area (Å²) in [5, 5.41) is 0. The fraction of sp³-hybridized carbons (Fsp3) is 0.125.